The summed E-state index contributed by atoms with van der Waals surface area (Å²) in [6.07, 6.45) is 1.51. The fraction of sp³-hybridized carbons (Fsp3) is 0.625. The van der Waals surface area contributed by atoms with Gasteiger partial charge in [0.1, 0.15) is 6.10 Å². The van der Waals surface area contributed by atoms with Crippen LogP contribution in [0.4, 0.5) is 0 Å². The summed E-state index contributed by atoms with van der Waals surface area (Å²) in [4.78, 5) is 0. The second kappa shape index (κ2) is 7.63. The molecule has 106 valence electrons. The van der Waals surface area contributed by atoms with Crippen LogP contribution in [0, 0.1) is 5.92 Å². The lowest BCUT2D eigenvalue weighted by molar-refractivity contribution is 0.0908. The van der Waals surface area contributed by atoms with Crippen LogP contribution in [-0.2, 0) is 27.4 Å². The fourth-order valence-electron chi connectivity index (χ4n) is 1.70. The lowest BCUT2D eigenvalue weighted by atomic mass is 10.1. The smallest absolute Gasteiger partial charge is 0.104 e. The first-order valence-corrected chi connectivity index (χ1v) is 7.13. The Labute approximate surface area is 115 Å². The van der Waals surface area contributed by atoms with Crippen molar-refractivity contribution in [3.05, 3.63) is 35.4 Å². The van der Waals surface area contributed by atoms with E-state index in [1.165, 1.54) is 17.5 Å². The van der Waals surface area contributed by atoms with Crippen molar-refractivity contribution in [2.45, 2.75) is 39.6 Å². The van der Waals surface area contributed by atoms with Gasteiger partial charge in [0.25, 0.3) is 0 Å². The van der Waals surface area contributed by atoms with Gasteiger partial charge < -0.3 is 14.2 Å². The normalized spacial score (nSPS) is 19.4. The van der Waals surface area contributed by atoms with E-state index in [9.17, 15) is 0 Å². The minimum Gasteiger partial charge on any atom is -0.376 e. The summed E-state index contributed by atoms with van der Waals surface area (Å²) in [6, 6.07) is 8.44. The van der Waals surface area contributed by atoms with E-state index in [1.807, 2.05) is 0 Å². The van der Waals surface area contributed by atoms with Crippen LogP contribution in [0.1, 0.15) is 31.4 Å². The fourth-order valence-corrected chi connectivity index (χ4v) is 1.70. The summed E-state index contributed by atoms with van der Waals surface area (Å²) in [6.45, 7) is 8.16. The molecule has 1 heterocycles. The average molecular weight is 264 g/mol. The van der Waals surface area contributed by atoms with E-state index >= 15 is 0 Å². The zero-order valence-electron chi connectivity index (χ0n) is 11.9. The Hall–Kier alpha value is -0.900. The maximum Gasteiger partial charge on any atom is 0.104 e. The van der Waals surface area contributed by atoms with Crippen LogP contribution in [0.15, 0.2) is 24.3 Å². The average Bonchev–Trinajstić information content (AvgIpc) is 3.24. The maximum absolute atomic E-state index is 5.69. The molecule has 2 rings (SSSR count). The van der Waals surface area contributed by atoms with Crippen molar-refractivity contribution in [1.29, 1.82) is 0 Å². The number of hydrogen-bond donors (Lipinski definition) is 0. The number of ether oxygens (including phenoxy) is 3. The zero-order valence-corrected chi connectivity index (χ0v) is 11.9. The second-order valence-corrected chi connectivity index (χ2v) is 5.32. The Kier molecular flexibility index (Phi) is 5.83. The zero-order chi connectivity index (χ0) is 13.5. The molecule has 1 saturated heterocycles. The van der Waals surface area contributed by atoms with Gasteiger partial charge in [-0.05, 0) is 17.0 Å². The SMILES string of the molecule is CCC(C)COCc1ccc(COCC2CO2)cc1. The standard InChI is InChI=1S/C16H24O3/c1-3-13(2)8-17-9-14-4-6-15(7-5-14)10-18-11-16-12-19-16/h4-7,13,16H,3,8-12H2,1-2H3. The summed E-state index contributed by atoms with van der Waals surface area (Å²) in [5, 5.41) is 0. The van der Waals surface area contributed by atoms with Crippen molar-refractivity contribution in [3.63, 3.8) is 0 Å². The quantitative estimate of drug-likeness (QED) is 0.642. The molecule has 0 spiro atoms. The molecule has 0 saturated carbocycles. The lowest BCUT2D eigenvalue weighted by Crippen LogP contribution is -2.04. The number of hydrogen-bond acceptors (Lipinski definition) is 3. The van der Waals surface area contributed by atoms with Gasteiger partial charge in [-0.3, -0.25) is 0 Å². The largest absolute Gasteiger partial charge is 0.376 e. The van der Waals surface area contributed by atoms with Crippen molar-refractivity contribution >= 4 is 0 Å². The molecular weight excluding hydrogens is 240 g/mol. The third kappa shape index (κ3) is 5.72. The third-order valence-corrected chi connectivity index (χ3v) is 3.37. The van der Waals surface area contributed by atoms with Gasteiger partial charge in [-0.15, -0.1) is 0 Å². The van der Waals surface area contributed by atoms with E-state index in [-0.39, 0.29) is 0 Å². The first kappa shape index (κ1) is 14.5. The predicted octanol–water partition coefficient (Wildman–Crippen LogP) is 3.16. The minimum absolute atomic E-state index is 0.341. The molecular formula is C16H24O3. The molecule has 3 heteroatoms. The molecule has 1 fully saturated rings. The van der Waals surface area contributed by atoms with Crippen molar-refractivity contribution in [3.8, 4) is 0 Å². The molecule has 0 aromatic heterocycles. The molecule has 1 aromatic carbocycles. The molecule has 1 aliphatic rings. The van der Waals surface area contributed by atoms with Gasteiger partial charge in [0.05, 0.1) is 26.4 Å². The van der Waals surface area contributed by atoms with E-state index in [0.717, 1.165) is 13.2 Å². The van der Waals surface area contributed by atoms with Crippen LogP contribution in [0.5, 0.6) is 0 Å². The molecule has 19 heavy (non-hydrogen) atoms. The number of benzene rings is 1. The van der Waals surface area contributed by atoms with Gasteiger partial charge in [-0.2, -0.15) is 0 Å². The predicted molar refractivity (Wildman–Crippen MR) is 74.9 cm³/mol. The Morgan fingerprint density at radius 1 is 1.16 bits per heavy atom. The van der Waals surface area contributed by atoms with Crippen molar-refractivity contribution < 1.29 is 14.2 Å². The van der Waals surface area contributed by atoms with Crippen molar-refractivity contribution in [1.82, 2.24) is 0 Å². The number of rotatable bonds is 9. The molecule has 0 bridgehead atoms. The van der Waals surface area contributed by atoms with Crippen molar-refractivity contribution in [2.75, 3.05) is 19.8 Å². The lowest BCUT2D eigenvalue weighted by Gasteiger charge is -2.10. The Morgan fingerprint density at radius 3 is 2.26 bits per heavy atom. The highest BCUT2D eigenvalue weighted by Crippen LogP contribution is 2.12. The summed E-state index contributed by atoms with van der Waals surface area (Å²) in [5.74, 6) is 0.636. The van der Waals surface area contributed by atoms with E-state index in [4.69, 9.17) is 14.2 Å². The van der Waals surface area contributed by atoms with Gasteiger partial charge in [-0.25, -0.2) is 0 Å². The monoisotopic (exact) mass is 264 g/mol. The summed E-state index contributed by atoms with van der Waals surface area (Å²) < 4.78 is 16.3. The summed E-state index contributed by atoms with van der Waals surface area (Å²) in [7, 11) is 0. The van der Waals surface area contributed by atoms with Crippen LogP contribution in [-0.4, -0.2) is 25.9 Å². The van der Waals surface area contributed by atoms with Gasteiger partial charge >= 0.3 is 0 Å². The van der Waals surface area contributed by atoms with Crippen LogP contribution in [0.2, 0.25) is 0 Å². The second-order valence-electron chi connectivity index (χ2n) is 5.32. The summed E-state index contributed by atoms with van der Waals surface area (Å²) >= 11 is 0. The highest BCUT2D eigenvalue weighted by Gasteiger charge is 2.22. The first-order chi connectivity index (χ1) is 9.28. The van der Waals surface area contributed by atoms with Crippen LogP contribution >= 0.6 is 0 Å². The molecule has 3 nitrogen and oxygen atoms in total. The molecule has 2 atom stereocenters. The highest BCUT2D eigenvalue weighted by molar-refractivity contribution is 5.21. The highest BCUT2D eigenvalue weighted by atomic mass is 16.6. The summed E-state index contributed by atoms with van der Waals surface area (Å²) in [5.41, 5.74) is 2.42. The van der Waals surface area contributed by atoms with E-state index in [2.05, 4.69) is 38.1 Å². The van der Waals surface area contributed by atoms with Gasteiger partial charge in [0.15, 0.2) is 0 Å². The Morgan fingerprint density at radius 2 is 1.74 bits per heavy atom. The maximum atomic E-state index is 5.69. The molecule has 1 aromatic rings. The Balaban J connectivity index is 1.65. The molecule has 0 amide bonds. The molecule has 0 aliphatic carbocycles. The molecule has 2 unspecified atom stereocenters. The van der Waals surface area contributed by atoms with E-state index in [0.29, 0.717) is 31.8 Å². The van der Waals surface area contributed by atoms with Crippen LogP contribution in [0.3, 0.4) is 0 Å². The molecule has 0 N–H and O–H groups in total. The first-order valence-electron chi connectivity index (χ1n) is 7.13. The van der Waals surface area contributed by atoms with E-state index < -0.39 is 0 Å². The van der Waals surface area contributed by atoms with Crippen LogP contribution < -0.4 is 0 Å². The van der Waals surface area contributed by atoms with Crippen LogP contribution in [0.25, 0.3) is 0 Å². The van der Waals surface area contributed by atoms with Gasteiger partial charge in [0.2, 0.25) is 0 Å². The number of epoxide rings is 1. The minimum atomic E-state index is 0.341. The topological polar surface area (TPSA) is 31.0 Å². The Bertz CT molecular complexity index is 357. The van der Waals surface area contributed by atoms with Gasteiger partial charge in [-0.1, -0.05) is 44.5 Å². The molecule has 1 aliphatic heterocycles. The van der Waals surface area contributed by atoms with Gasteiger partial charge in [0, 0.05) is 6.61 Å². The van der Waals surface area contributed by atoms with E-state index in [1.54, 1.807) is 0 Å². The third-order valence-electron chi connectivity index (χ3n) is 3.37. The van der Waals surface area contributed by atoms with Crippen molar-refractivity contribution in [2.24, 2.45) is 5.92 Å². The molecule has 0 radical (unpaired) electrons.